The van der Waals surface area contributed by atoms with Crippen molar-refractivity contribution in [2.45, 2.75) is 25.8 Å². The molecular weight excluding hydrogens is 262 g/mol. The van der Waals surface area contributed by atoms with Gasteiger partial charge >= 0.3 is 0 Å². The highest BCUT2D eigenvalue weighted by molar-refractivity contribution is 5.31. The highest BCUT2D eigenvalue weighted by Crippen LogP contribution is 2.17. The Bertz CT molecular complexity index is 551. The van der Waals surface area contributed by atoms with E-state index >= 15 is 0 Å². The van der Waals surface area contributed by atoms with Gasteiger partial charge < -0.3 is 15.2 Å². The summed E-state index contributed by atoms with van der Waals surface area (Å²) in [4.78, 5) is 0. The summed E-state index contributed by atoms with van der Waals surface area (Å²) in [6.45, 7) is 2.72. The summed E-state index contributed by atoms with van der Waals surface area (Å²) in [5, 5.41) is 0. The molecule has 1 unspecified atom stereocenters. The van der Waals surface area contributed by atoms with Crippen LogP contribution in [0.2, 0.25) is 0 Å². The summed E-state index contributed by atoms with van der Waals surface area (Å²) in [7, 11) is 1.65. The Hall–Kier alpha value is -2.00. The quantitative estimate of drug-likeness (QED) is 0.848. The van der Waals surface area contributed by atoms with Crippen molar-refractivity contribution in [3.05, 3.63) is 59.7 Å². The van der Waals surface area contributed by atoms with Crippen LogP contribution in [0.4, 0.5) is 0 Å². The van der Waals surface area contributed by atoms with Crippen LogP contribution in [0.1, 0.15) is 17.5 Å². The van der Waals surface area contributed by atoms with Gasteiger partial charge in [-0.15, -0.1) is 0 Å². The summed E-state index contributed by atoms with van der Waals surface area (Å²) in [6.07, 6.45) is 1.72. The van der Waals surface area contributed by atoms with Crippen molar-refractivity contribution in [3.8, 4) is 11.5 Å². The molecule has 0 amide bonds. The van der Waals surface area contributed by atoms with Gasteiger partial charge in [0.15, 0.2) is 0 Å². The van der Waals surface area contributed by atoms with Crippen molar-refractivity contribution < 1.29 is 9.47 Å². The molecule has 2 N–H and O–H groups in total. The molecule has 3 heteroatoms. The van der Waals surface area contributed by atoms with Crippen LogP contribution in [-0.2, 0) is 6.42 Å². The Kier molecular flexibility index (Phi) is 5.64. The molecule has 0 saturated heterocycles. The lowest BCUT2D eigenvalue weighted by atomic mass is 10.0. The minimum absolute atomic E-state index is 0.116. The van der Waals surface area contributed by atoms with Crippen LogP contribution in [0.25, 0.3) is 0 Å². The van der Waals surface area contributed by atoms with E-state index in [0.717, 1.165) is 24.3 Å². The Morgan fingerprint density at radius 2 is 1.76 bits per heavy atom. The van der Waals surface area contributed by atoms with Gasteiger partial charge in [0.2, 0.25) is 0 Å². The minimum atomic E-state index is 0.116. The van der Waals surface area contributed by atoms with Gasteiger partial charge in [-0.05, 0) is 49.6 Å². The number of nitrogens with two attached hydrogens (primary N) is 1. The van der Waals surface area contributed by atoms with Crippen LogP contribution in [0, 0.1) is 6.92 Å². The number of benzene rings is 2. The van der Waals surface area contributed by atoms with Gasteiger partial charge in [-0.1, -0.05) is 29.8 Å². The van der Waals surface area contributed by atoms with E-state index < -0.39 is 0 Å². The van der Waals surface area contributed by atoms with E-state index in [2.05, 4.69) is 31.2 Å². The third-order valence-electron chi connectivity index (χ3n) is 3.40. The summed E-state index contributed by atoms with van der Waals surface area (Å²) < 4.78 is 10.8. The largest absolute Gasteiger partial charge is 0.497 e. The zero-order valence-corrected chi connectivity index (χ0v) is 12.7. The molecule has 0 aliphatic rings. The average Bonchev–Trinajstić information content (AvgIpc) is 2.48. The van der Waals surface area contributed by atoms with Crippen molar-refractivity contribution in [1.82, 2.24) is 0 Å². The van der Waals surface area contributed by atoms with Crippen LogP contribution >= 0.6 is 0 Å². The Labute approximate surface area is 126 Å². The number of hydrogen-bond donors (Lipinski definition) is 1. The maximum Gasteiger partial charge on any atom is 0.119 e. The average molecular weight is 285 g/mol. The van der Waals surface area contributed by atoms with Crippen molar-refractivity contribution in [1.29, 1.82) is 0 Å². The first-order valence-electron chi connectivity index (χ1n) is 7.25. The van der Waals surface area contributed by atoms with E-state index in [1.54, 1.807) is 7.11 Å². The molecule has 21 heavy (non-hydrogen) atoms. The number of hydrogen-bond acceptors (Lipinski definition) is 3. The van der Waals surface area contributed by atoms with E-state index in [1.165, 1.54) is 11.1 Å². The highest BCUT2D eigenvalue weighted by Gasteiger charge is 2.05. The van der Waals surface area contributed by atoms with Crippen LogP contribution in [-0.4, -0.2) is 19.8 Å². The van der Waals surface area contributed by atoms with Gasteiger partial charge in [0.25, 0.3) is 0 Å². The summed E-state index contributed by atoms with van der Waals surface area (Å²) in [6, 6.07) is 16.2. The Morgan fingerprint density at radius 1 is 1.05 bits per heavy atom. The molecule has 0 spiro atoms. The van der Waals surface area contributed by atoms with E-state index in [0.29, 0.717) is 6.61 Å². The highest BCUT2D eigenvalue weighted by atomic mass is 16.5. The van der Waals surface area contributed by atoms with Crippen molar-refractivity contribution in [2.24, 2.45) is 5.73 Å². The molecular formula is C18H23NO2. The van der Waals surface area contributed by atoms with Crippen LogP contribution in [0.15, 0.2) is 48.5 Å². The fourth-order valence-corrected chi connectivity index (χ4v) is 2.24. The number of aryl methyl sites for hydroxylation is 1. The fraction of sp³-hybridized carbons (Fsp3) is 0.333. The maximum absolute atomic E-state index is 6.17. The first-order chi connectivity index (χ1) is 10.2. The maximum atomic E-state index is 6.17. The predicted octanol–water partition coefficient (Wildman–Crippen LogP) is 3.34. The Balaban J connectivity index is 1.74. The summed E-state index contributed by atoms with van der Waals surface area (Å²) >= 11 is 0. The second kappa shape index (κ2) is 7.70. The van der Waals surface area contributed by atoms with Crippen molar-refractivity contribution in [2.75, 3.05) is 13.7 Å². The first kappa shape index (κ1) is 15.4. The molecule has 112 valence electrons. The lowest BCUT2D eigenvalue weighted by Gasteiger charge is -2.13. The van der Waals surface area contributed by atoms with E-state index in [-0.39, 0.29) is 6.04 Å². The lowest BCUT2D eigenvalue weighted by Crippen LogP contribution is -2.25. The predicted molar refractivity (Wildman–Crippen MR) is 86.0 cm³/mol. The molecule has 0 fully saturated rings. The standard InChI is InChI=1S/C18H23NO2/c1-14-4-3-5-15(12-14)13-16(19)10-11-21-18-8-6-17(20-2)7-9-18/h3-9,12,16H,10-11,13,19H2,1-2H3. The lowest BCUT2D eigenvalue weighted by molar-refractivity contribution is 0.296. The third-order valence-corrected chi connectivity index (χ3v) is 3.40. The smallest absolute Gasteiger partial charge is 0.119 e. The van der Waals surface area contributed by atoms with Gasteiger partial charge in [0, 0.05) is 6.04 Å². The summed E-state index contributed by atoms with van der Waals surface area (Å²) in [5.41, 5.74) is 8.72. The van der Waals surface area contributed by atoms with Crippen LogP contribution in [0.5, 0.6) is 11.5 Å². The second-order valence-corrected chi connectivity index (χ2v) is 5.27. The van der Waals surface area contributed by atoms with E-state index in [4.69, 9.17) is 15.2 Å². The second-order valence-electron chi connectivity index (χ2n) is 5.27. The molecule has 3 nitrogen and oxygen atoms in total. The molecule has 0 radical (unpaired) electrons. The monoisotopic (exact) mass is 285 g/mol. The molecule has 2 aromatic rings. The molecule has 0 bridgehead atoms. The minimum Gasteiger partial charge on any atom is -0.497 e. The topological polar surface area (TPSA) is 44.5 Å². The van der Waals surface area contributed by atoms with Gasteiger partial charge in [-0.2, -0.15) is 0 Å². The van der Waals surface area contributed by atoms with E-state index in [1.807, 2.05) is 24.3 Å². The molecule has 0 saturated carbocycles. The van der Waals surface area contributed by atoms with Gasteiger partial charge in [0.05, 0.1) is 13.7 Å². The van der Waals surface area contributed by atoms with Crippen molar-refractivity contribution >= 4 is 0 Å². The number of ether oxygens (including phenoxy) is 2. The van der Waals surface area contributed by atoms with Gasteiger partial charge in [-0.25, -0.2) is 0 Å². The van der Waals surface area contributed by atoms with Gasteiger partial charge in [-0.3, -0.25) is 0 Å². The van der Waals surface area contributed by atoms with Gasteiger partial charge in [0.1, 0.15) is 11.5 Å². The molecule has 0 aromatic heterocycles. The number of methoxy groups -OCH3 is 1. The number of rotatable bonds is 7. The molecule has 0 aliphatic carbocycles. The normalized spacial score (nSPS) is 12.0. The molecule has 1 atom stereocenters. The molecule has 0 heterocycles. The third kappa shape index (κ3) is 5.12. The molecule has 2 aromatic carbocycles. The SMILES string of the molecule is COc1ccc(OCCC(N)Cc2cccc(C)c2)cc1. The zero-order chi connectivity index (χ0) is 15.1. The van der Waals surface area contributed by atoms with Crippen molar-refractivity contribution in [3.63, 3.8) is 0 Å². The molecule has 2 rings (SSSR count). The Morgan fingerprint density at radius 3 is 2.43 bits per heavy atom. The van der Waals surface area contributed by atoms with Crippen LogP contribution in [0.3, 0.4) is 0 Å². The first-order valence-corrected chi connectivity index (χ1v) is 7.25. The van der Waals surface area contributed by atoms with Crippen LogP contribution < -0.4 is 15.2 Å². The molecule has 0 aliphatic heterocycles. The summed E-state index contributed by atoms with van der Waals surface area (Å²) in [5.74, 6) is 1.68. The van der Waals surface area contributed by atoms with E-state index in [9.17, 15) is 0 Å². The zero-order valence-electron chi connectivity index (χ0n) is 12.7. The fourth-order valence-electron chi connectivity index (χ4n) is 2.24.